The molecule has 2 heterocycles. The smallest absolute Gasteiger partial charge is 0.388 e. The van der Waals surface area contributed by atoms with E-state index in [1.54, 1.807) is 13.0 Å². The van der Waals surface area contributed by atoms with E-state index in [0.29, 0.717) is 24.6 Å². The van der Waals surface area contributed by atoms with Crippen molar-refractivity contribution >= 4 is 0 Å². The molecule has 0 radical (unpaired) electrons. The lowest BCUT2D eigenvalue weighted by Gasteiger charge is -2.41. The van der Waals surface area contributed by atoms with Gasteiger partial charge < -0.3 is 10.5 Å². The summed E-state index contributed by atoms with van der Waals surface area (Å²) in [5.41, 5.74) is 7.00. The molecule has 2 N–H and O–H groups in total. The van der Waals surface area contributed by atoms with E-state index in [2.05, 4.69) is 14.6 Å². The Morgan fingerprint density at radius 1 is 1.35 bits per heavy atom. The molecule has 1 saturated heterocycles. The normalized spacial score (nSPS) is 29.6. The average molecular weight is 329 g/mol. The van der Waals surface area contributed by atoms with Crippen molar-refractivity contribution in [2.75, 3.05) is 13.1 Å². The Morgan fingerprint density at radius 2 is 2.09 bits per heavy atom. The van der Waals surface area contributed by atoms with Gasteiger partial charge in [0.05, 0.1) is 0 Å². The fourth-order valence-electron chi connectivity index (χ4n) is 3.42. The number of alkyl halides is 3. The second-order valence-electron chi connectivity index (χ2n) is 6.50. The zero-order chi connectivity index (χ0) is 16.6. The number of aromatic nitrogens is 1. The number of hydrogen-bond acceptors (Lipinski definition) is 4. The summed E-state index contributed by atoms with van der Waals surface area (Å²) in [6.07, 6.45) is 1.65. The molecule has 2 aliphatic rings. The molecule has 2 atom stereocenters. The lowest BCUT2D eigenvalue weighted by molar-refractivity contribution is -0.0538. The number of ether oxygens (including phenoxy) is 1. The van der Waals surface area contributed by atoms with Crippen LogP contribution < -0.4 is 10.5 Å². The number of likely N-dealkylation sites (tertiary alicyclic amines) is 1. The second kappa shape index (κ2) is 6.65. The van der Waals surface area contributed by atoms with Crippen LogP contribution in [0.4, 0.5) is 13.2 Å². The minimum atomic E-state index is -2.92. The van der Waals surface area contributed by atoms with Gasteiger partial charge in [-0.2, -0.15) is 8.78 Å². The first-order chi connectivity index (χ1) is 10.9. The molecule has 1 aliphatic heterocycles. The Morgan fingerprint density at radius 3 is 2.65 bits per heavy atom. The van der Waals surface area contributed by atoms with E-state index in [0.717, 1.165) is 25.1 Å². The molecule has 1 aromatic heterocycles. The molecule has 0 amide bonds. The fourth-order valence-corrected chi connectivity index (χ4v) is 3.42. The van der Waals surface area contributed by atoms with Crippen LogP contribution in [0.5, 0.6) is 5.88 Å². The fraction of sp³-hybridized carbons (Fsp3) is 0.688. The third-order valence-electron chi connectivity index (χ3n) is 4.81. The minimum Gasteiger partial charge on any atom is -0.417 e. The summed E-state index contributed by atoms with van der Waals surface area (Å²) in [6, 6.07) is 3.49. The largest absolute Gasteiger partial charge is 0.417 e. The monoisotopic (exact) mass is 329 g/mol. The number of halogens is 3. The SMILES string of the molecule is C[C@H](N)c1ccc(C2CC(N3CC[C@@H](F)C3)C2)nc1OC(F)F. The summed E-state index contributed by atoms with van der Waals surface area (Å²) >= 11 is 0. The van der Waals surface area contributed by atoms with Crippen molar-refractivity contribution in [2.24, 2.45) is 5.73 Å². The first-order valence-electron chi connectivity index (χ1n) is 8.03. The molecule has 0 unspecified atom stereocenters. The van der Waals surface area contributed by atoms with E-state index < -0.39 is 18.8 Å². The predicted octanol–water partition coefficient (Wildman–Crippen LogP) is 2.99. The Balaban J connectivity index is 1.67. The standard InChI is InChI=1S/C16H22F3N3O/c1-9(20)13-2-3-14(21-15(13)23-16(18)19)10-6-12(7-10)22-5-4-11(17)8-22/h2-3,9-12,16H,4-8,20H2,1H3/t9-,10?,11+,12?/m0/s1. The highest BCUT2D eigenvalue weighted by Crippen LogP contribution is 2.41. The summed E-state index contributed by atoms with van der Waals surface area (Å²) in [4.78, 5) is 6.43. The van der Waals surface area contributed by atoms with E-state index in [1.807, 2.05) is 6.07 Å². The summed E-state index contributed by atoms with van der Waals surface area (Å²) < 4.78 is 42.9. The lowest BCUT2D eigenvalue weighted by Crippen LogP contribution is -2.42. The van der Waals surface area contributed by atoms with Crippen LogP contribution in [0.1, 0.15) is 49.4 Å². The third kappa shape index (κ3) is 3.61. The topological polar surface area (TPSA) is 51.4 Å². The van der Waals surface area contributed by atoms with Gasteiger partial charge >= 0.3 is 6.61 Å². The van der Waals surface area contributed by atoms with Gasteiger partial charge in [0.1, 0.15) is 6.17 Å². The predicted molar refractivity (Wildman–Crippen MR) is 80.3 cm³/mol. The van der Waals surface area contributed by atoms with Crippen LogP contribution in [0.3, 0.4) is 0 Å². The number of nitrogens with two attached hydrogens (primary N) is 1. The molecule has 23 heavy (non-hydrogen) atoms. The maximum Gasteiger partial charge on any atom is 0.388 e. The maximum absolute atomic E-state index is 13.3. The number of rotatable bonds is 5. The molecule has 0 aromatic carbocycles. The zero-order valence-electron chi connectivity index (χ0n) is 13.1. The molecule has 0 bridgehead atoms. The zero-order valence-corrected chi connectivity index (χ0v) is 13.1. The van der Waals surface area contributed by atoms with Crippen LogP contribution >= 0.6 is 0 Å². The molecule has 3 rings (SSSR count). The first-order valence-corrected chi connectivity index (χ1v) is 8.03. The minimum absolute atomic E-state index is 0.0825. The van der Waals surface area contributed by atoms with Crippen LogP contribution in [-0.4, -0.2) is 41.8 Å². The van der Waals surface area contributed by atoms with Crippen molar-refractivity contribution in [3.63, 3.8) is 0 Å². The highest BCUT2D eigenvalue weighted by molar-refractivity contribution is 5.32. The highest BCUT2D eigenvalue weighted by Gasteiger charge is 2.38. The molecule has 1 saturated carbocycles. The Kier molecular flexibility index (Phi) is 4.77. The molecule has 1 aliphatic carbocycles. The van der Waals surface area contributed by atoms with Crippen molar-refractivity contribution in [1.82, 2.24) is 9.88 Å². The molecular formula is C16H22F3N3O. The van der Waals surface area contributed by atoms with Gasteiger partial charge in [-0.25, -0.2) is 9.37 Å². The quantitative estimate of drug-likeness (QED) is 0.902. The summed E-state index contributed by atoms with van der Waals surface area (Å²) in [5.74, 6) is 0.127. The number of pyridine rings is 1. The van der Waals surface area contributed by atoms with Crippen molar-refractivity contribution in [2.45, 2.75) is 57.0 Å². The summed E-state index contributed by atoms with van der Waals surface area (Å²) in [6.45, 7) is 0.0917. The van der Waals surface area contributed by atoms with E-state index in [-0.39, 0.29) is 11.8 Å². The lowest BCUT2D eigenvalue weighted by atomic mass is 9.77. The Labute approximate surface area is 133 Å². The summed E-state index contributed by atoms with van der Waals surface area (Å²) in [7, 11) is 0. The molecule has 128 valence electrons. The maximum atomic E-state index is 13.3. The molecule has 7 heteroatoms. The van der Waals surface area contributed by atoms with Crippen molar-refractivity contribution in [1.29, 1.82) is 0 Å². The van der Waals surface area contributed by atoms with Crippen LogP contribution in [-0.2, 0) is 0 Å². The van der Waals surface area contributed by atoms with E-state index >= 15 is 0 Å². The van der Waals surface area contributed by atoms with Gasteiger partial charge in [-0.05, 0) is 32.3 Å². The van der Waals surface area contributed by atoms with Crippen LogP contribution in [0, 0.1) is 0 Å². The molecule has 1 aromatic rings. The molecule has 4 nitrogen and oxygen atoms in total. The van der Waals surface area contributed by atoms with Gasteiger partial charge in [0.2, 0.25) is 5.88 Å². The van der Waals surface area contributed by atoms with Gasteiger partial charge in [-0.15, -0.1) is 0 Å². The average Bonchev–Trinajstić information content (AvgIpc) is 2.82. The van der Waals surface area contributed by atoms with Gasteiger partial charge in [0, 0.05) is 42.3 Å². The molecular weight excluding hydrogens is 307 g/mol. The molecule has 2 fully saturated rings. The van der Waals surface area contributed by atoms with E-state index in [4.69, 9.17) is 5.73 Å². The van der Waals surface area contributed by atoms with Gasteiger partial charge in [0.25, 0.3) is 0 Å². The Hall–Kier alpha value is -1.34. The van der Waals surface area contributed by atoms with E-state index in [9.17, 15) is 13.2 Å². The second-order valence-corrected chi connectivity index (χ2v) is 6.50. The van der Waals surface area contributed by atoms with Gasteiger partial charge in [-0.1, -0.05) is 6.07 Å². The van der Waals surface area contributed by atoms with Crippen LogP contribution in [0.2, 0.25) is 0 Å². The first kappa shape index (κ1) is 16.5. The highest BCUT2D eigenvalue weighted by atomic mass is 19.3. The Bertz CT molecular complexity index is 549. The number of hydrogen-bond donors (Lipinski definition) is 1. The van der Waals surface area contributed by atoms with Crippen molar-refractivity contribution in [3.8, 4) is 5.88 Å². The van der Waals surface area contributed by atoms with Crippen molar-refractivity contribution < 1.29 is 17.9 Å². The summed E-state index contributed by atoms with van der Waals surface area (Å²) in [5, 5.41) is 0. The molecule has 0 spiro atoms. The van der Waals surface area contributed by atoms with Crippen LogP contribution in [0.15, 0.2) is 12.1 Å². The van der Waals surface area contributed by atoms with Crippen LogP contribution in [0.25, 0.3) is 0 Å². The van der Waals surface area contributed by atoms with Gasteiger partial charge in [-0.3, -0.25) is 4.90 Å². The van der Waals surface area contributed by atoms with E-state index in [1.165, 1.54) is 0 Å². The third-order valence-corrected chi connectivity index (χ3v) is 4.81. The van der Waals surface area contributed by atoms with Crippen molar-refractivity contribution in [3.05, 3.63) is 23.4 Å². The number of nitrogens with zero attached hydrogens (tertiary/aromatic N) is 2. The van der Waals surface area contributed by atoms with Gasteiger partial charge in [0.15, 0.2) is 0 Å².